The average Bonchev–Trinajstić information content (AvgIpc) is 2.07. The Kier molecular flexibility index (Phi) is 1.37. The highest BCUT2D eigenvalue weighted by Gasteiger charge is 2.02. The molecule has 0 amide bonds. The minimum absolute atomic E-state index is 0.0892. The van der Waals surface area contributed by atoms with Gasteiger partial charge in [-0.15, -0.1) is 0 Å². The first-order chi connectivity index (χ1) is 5.77. The van der Waals surface area contributed by atoms with Crippen molar-refractivity contribution in [1.29, 1.82) is 0 Å². The number of rotatable bonds is 0. The number of hydrogen-bond donors (Lipinski definition) is 2. The Morgan fingerprint density at radius 3 is 2.42 bits per heavy atom. The normalized spacial score (nSPS) is 10.3. The smallest absolute Gasteiger partial charge is 0.175 e. The molecule has 1 aromatic carbocycles. The number of pyridine rings is 1. The van der Waals surface area contributed by atoms with Gasteiger partial charge in [0.05, 0.1) is 0 Å². The lowest BCUT2D eigenvalue weighted by molar-refractivity contribution is -0.375. The molecule has 0 unspecified atom stereocenters. The number of phenols is 2. The van der Waals surface area contributed by atoms with Crippen LogP contribution in [0.1, 0.15) is 0 Å². The number of phenolic OH excluding ortho intramolecular Hbond substituents is 2. The summed E-state index contributed by atoms with van der Waals surface area (Å²) in [5, 5.41) is 20.1. The van der Waals surface area contributed by atoms with E-state index in [1.54, 1.807) is 12.4 Å². The summed E-state index contributed by atoms with van der Waals surface area (Å²) in [5.41, 5.74) is 0. The molecule has 0 fully saturated rings. The van der Waals surface area contributed by atoms with Crippen LogP contribution in [-0.4, -0.2) is 10.2 Å². The fraction of sp³-hybridized carbons (Fsp3) is 0. The molecule has 3 nitrogen and oxygen atoms in total. The van der Waals surface area contributed by atoms with Crippen LogP contribution >= 0.6 is 0 Å². The highest BCUT2D eigenvalue weighted by atomic mass is 16.3. The van der Waals surface area contributed by atoms with E-state index < -0.39 is 0 Å². The summed E-state index contributed by atoms with van der Waals surface area (Å²) in [6.45, 7) is 0. The minimum atomic E-state index is -0.0953. The highest BCUT2D eigenvalue weighted by Crippen LogP contribution is 2.28. The molecule has 0 aliphatic heterocycles. The fourth-order valence-corrected chi connectivity index (χ4v) is 1.15. The molecule has 0 saturated carbocycles. The standard InChI is InChI=1S/C9H7NO2/c11-8-3-6-1-2-10-5-7(6)4-9(8)12/h1-5,11-12H/p+1. The quantitative estimate of drug-likeness (QED) is 0.569. The van der Waals surface area contributed by atoms with Gasteiger partial charge in [-0.25, -0.2) is 4.98 Å². The fourth-order valence-electron chi connectivity index (χ4n) is 1.15. The molecule has 2 aromatic rings. The van der Waals surface area contributed by atoms with E-state index in [1.165, 1.54) is 12.1 Å². The van der Waals surface area contributed by atoms with E-state index in [9.17, 15) is 0 Å². The van der Waals surface area contributed by atoms with Crippen LogP contribution in [0.5, 0.6) is 11.5 Å². The first kappa shape index (κ1) is 6.91. The van der Waals surface area contributed by atoms with Crippen molar-refractivity contribution < 1.29 is 15.2 Å². The molecule has 3 heteroatoms. The highest BCUT2D eigenvalue weighted by molar-refractivity contribution is 5.84. The van der Waals surface area contributed by atoms with Crippen LogP contribution < -0.4 is 4.98 Å². The number of hydrogen-bond acceptors (Lipinski definition) is 2. The third kappa shape index (κ3) is 0.955. The lowest BCUT2D eigenvalue weighted by Gasteiger charge is -1.97. The lowest BCUT2D eigenvalue weighted by atomic mass is 10.1. The predicted molar refractivity (Wildman–Crippen MR) is 43.8 cm³/mol. The maximum absolute atomic E-state index is 9.16. The third-order valence-electron chi connectivity index (χ3n) is 1.78. The number of aromatic amines is 1. The van der Waals surface area contributed by atoms with Crippen molar-refractivity contribution in [3.63, 3.8) is 0 Å². The molecule has 3 N–H and O–H groups in total. The van der Waals surface area contributed by atoms with Gasteiger partial charge in [0.25, 0.3) is 0 Å². The monoisotopic (exact) mass is 162 g/mol. The van der Waals surface area contributed by atoms with Gasteiger partial charge in [-0.3, -0.25) is 0 Å². The van der Waals surface area contributed by atoms with Crippen LogP contribution in [0.25, 0.3) is 10.8 Å². The zero-order chi connectivity index (χ0) is 8.55. The Labute approximate surface area is 68.9 Å². The maximum atomic E-state index is 9.16. The van der Waals surface area contributed by atoms with Crippen LogP contribution in [0.15, 0.2) is 30.6 Å². The van der Waals surface area contributed by atoms with Crippen molar-refractivity contribution in [3.05, 3.63) is 30.6 Å². The molecule has 1 heterocycles. The van der Waals surface area contributed by atoms with Crippen molar-refractivity contribution >= 4 is 10.8 Å². The second kappa shape index (κ2) is 2.37. The number of aromatic hydroxyl groups is 2. The Balaban J connectivity index is 2.84. The molecule has 60 valence electrons. The van der Waals surface area contributed by atoms with Gasteiger partial charge in [-0.1, -0.05) is 0 Å². The SMILES string of the molecule is Oc1cc2cc[nH+]cc2cc1O. The Morgan fingerprint density at radius 1 is 1.00 bits per heavy atom. The van der Waals surface area contributed by atoms with E-state index in [0.29, 0.717) is 0 Å². The van der Waals surface area contributed by atoms with Gasteiger partial charge in [0.1, 0.15) is 0 Å². The summed E-state index contributed by atoms with van der Waals surface area (Å²) in [6, 6.07) is 4.87. The van der Waals surface area contributed by atoms with Crippen molar-refractivity contribution in [2.45, 2.75) is 0 Å². The van der Waals surface area contributed by atoms with Crippen molar-refractivity contribution in [2.24, 2.45) is 0 Å². The largest absolute Gasteiger partial charge is 0.504 e. The second-order valence-electron chi connectivity index (χ2n) is 2.61. The first-order valence-corrected chi connectivity index (χ1v) is 3.59. The van der Waals surface area contributed by atoms with Gasteiger partial charge >= 0.3 is 0 Å². The lowest BCUT2D eigenvalue weighted by Crippen LogP contribution is -1.96. The van der Waals surface area contributed by atoms with Gasteiger partial charge in [0.15, 0.2) is 23.9 Å². The summed E-state index contributed by atoms with van der Waals surface area (Å²) < 4.78 is 0. The van der Waals surface area contributed by atoms with Gasteiger partial charge in [0.2, 0.25) is 0 Å². The molecular weight excluding hydrogens is 154 g/mol. The van der Waals surface area contributed by atoms with Crippen LogP contribution in [0, 0.1) is 0 Å². The second-order valence-corrected chi connectivity index (χ2v) is 2.61. The van der Waals surface area contributed by atoms with E-state index in [4.69, 9.17) is 10.2 Å². The minimum Gasteiger partial charge on any atom is -0.504 e. The van der Waals surface area contributed by atoms with Crippen molar-refractivity contribution in [2.75, 3.05) is 0 Å². The number of H-pyrrole nitrogens is 1. The van der Waals surface area contributed by atoms with Crippen LogP contribution in [-0.2, 0) is 0 Å². The number of benzene rings is 1. The van der Waals surface area contributed by atoms with E-state index in [-0.39, 0.29) is 11.5 Å². The van der Waals surface area contributed by atoms with Gasteiger partial charge in [-0.05, 0) is 17.5 Å². The molecule has 0 bridgehead atoms. The number of aromatic nitrogens is 1. The van der Waals surface area contributed by atoms with Crippen molar-refractivity contribution in [3.8, 4) is 11.5 Å². The van der Waals surface area contributed by atoms with E-state index >= 15 is 0 Å². The molecule has 0 aliphatic rings. The first-order valence-electron chi connectivity index (χ1n) is 3.59. The van der Waals surface area contributed by atoms with E-state index in [1.807, 2.05) is 6.07 Å². The molecule has 0 aliphatic carbocycles. The number of fused-ring (bicyclic) bond motifs is 1. The molecule has 0 radical (unpaired) electrons. The molecule has 0 atom stereocenters. The molecule has 1 aromatic heterocycles. The summed E-state index contributed by atoms with van der Waals surface area (Å²) in [6.07, 6.45) is 3.52. The van der Waals surface area contributed by atoms with Crippen molar-refractivity contribution in [1.82, 2.24) is 0 Å². The predicted octanol–water partition coefficient (Wildman–Crippen LogP) is 1.07. The summed E-state index contributed by atoms with van der Waals surface area (Å²) in [4.78, 5) is 2.89. The van der Waals surface area contributed by atoms with Gasteiger partial charge in [0, 0.05) is 11.5 Å². The average molecular weight is 162 g/mol. The van der Waals surface area contributed by atoms with Crippen LogP contribution in [0.3, 0.4) is 0 Å². The summed E-state index contributed by atoms with van der Waals surface area (Å²) in [5.74, 6) is -0.184. The summed E-state index contributed by atoms with van der Waals surface area (Å²) in [7, 11) is 0. The molecular formula is C9H8NO2+. The van der Waals surface area contributed by atoms with E-state index in [0.717, 1.165) is 10.8 Å². The Hall–Kier alpha value is -1.77. The third-order valence-corrected chi connectivity index (χ3v) is 1.78. The zero-order valence-electron chi connectivity index (χ0n) is 6.28. The van der Waals surface area contributed by atoms with Gasteiger partial charge < -0.3 is 10.2 Å². The molecule has 0 saturated heterocycles. The Morgan fingerprint density at radius 2 is 1.67 bits per heavy atom. The zero-order valence-corrected chi connectivity index (χ0v) is 6.28. The van der Waals surface area contributed by atoms with Gasteiger partial charge in [-0.2, -0.15) is 0 Å². The Bertz CT molecular complexity index is 385. The van der Waals surface area contributed by atoms with Crippen LogP contribution in [0.2, 0.25) is 0 Å². The van der Waals surface area contributed by atoms with Crippen LogP contribution in [0.4, 0.5) is 0 Å². The molecule has 2 rings (SSSR count). The number of nitrogens with one attached hydrogen (secondary N) is 1. The molecule has 0 spiro atoms. The topological polar surface area (TPSA) is 54.6 Å². The van der Waals surface area contributed by atoms with E-state index in [2.05, 4.69) is 4.98 Å². The molecule has 12 heavy (non-hydrogen) atoms. The maximum Gasteiger partial charge on any atom is 0.175 e. The summed E-state index contributed by atoms with van der Waals surface area (Å²) >= 11 is 0.